The maximum absolute atomic E-state index is 12.9. The highest BCUT2D eigenvalue weighted by atomic mass is 16.6. The monoisotopic (exact) mass is 424 g/mol. The molecular weight excluding hydrogens is 400 g/mol. The number of ketones is 1. The maximum atomic E-state index is 12.9. The molecule has 1 aromatic heterocycles. The smallest absolute Gasteiger partial charge is 0.295 e. The number of pyridine rings is 1. The molecule has 0 radical (unpaired) electrons. The highest BCUT2D eigenvalue weighted by Crippen LogP contribution is 2.39. The number of non-ortho nitro benzene ring substituents is 1. The van der Waals surface area contributed by atoms with Gasteiger partial charge in [-0.15, -0.1) is 0 Å². The minimum atomic E-state index is -0.843. The molecule has 1 saturated heterocycles. The summed E-state index contributed by atoms with van der Waals surface area (Å²) in [6.45, 7) is 6.43. The molecule has 9 nitrogen and oxygen atoms in total. The number of nitro groups is 1. The summed E-state index contributed by atoms with van der Waals surface area (Å²) in [6.07, 6.45) is 2.96. The highest BCUT2D eigenvalue weighted by molar-refractivity contribution is 6.46. The summed E-state index contributed by atoms with van der Waals surface area (Å²) in [6, 6.07) is 7.93. The van der Waals surface area contributed by atoms with E-state index in [4.69, 9.17) is 0 Å². The van der Waals surface area contributed by atoms with Crippen LogP contribution in [0.3, 0.4) is 0 Å². The van der Waals surface area contributed by atoms with Gasteiger partial charge in [-0.2, -0.15) is 0 Å². The van der Waals surface area contributed by atoms with Gasteiger partial charge in [0.15, 0.2) is 0 Å². The van der Waals surface area contributed by atoms with Gasteiger partial charge in [-0.1, -0.05) is 13.8 Å². The number of carbonyl (C=O) groups is 2. The second-order valence-corrected chi connectivity index (χ2v) is 7.10. The summed E-state index contributed by atoms with van der Waals surface area (Å²) in [7, 11) is 0. The minimum absolute atomic E-state index is 0.0374. The molecule has 0 saturated carbocycles. The standard InChI is InChI=1S/C22H24N4O5/c1-3-24(4-2)13-14-25-19(15-5-7-17(8-6-15)26(30)31)18(21(28)22(25)29)20(27)16-9-11-23-12-10-16/h5-12,19,27H,3-4,13-14H2,1-2H3/t19-/m0/s1. The number of hydrogen-bond donors (Lipinski definition) is 1. The predicted octanol–water partition coefficient (Wildman–Crippen LogP) is 2.75. The zero-order valence-corrected chi connectivity index (χ0v) is 17.4. The van der Waals surface area contributed by atoms with Crippen LogP contribution in [-0.4, -0.2) is 62.7 Å². The van der Waals surface area contributed by atoms with E-state index in [2.05, 4.69) is 9.88 Å². The molecule has 0 bridgehead atoms. The molecule has 1 atom stereocenters. The van der Waals surface area contributed by atoms with Gasteiger partial charge in [-0.3, -0.25) is 24.7 Å². The summed E-state index contributed by atoms with van der Waals surface area (Å²) < 4.78 is 0. The Balaban J connectivity index is 2.09. The third-order valence-corrected chi connectivity index (χ3v) is 5.46. The lowest BCUT2D eigenvalue weighted by Crippen LogP contribution is -2.38. The zero-order valence-electron chi connectivity index (χ0n) is 17.4. The van der Waals surface area contributed by atoms with E-state index in [1.807, 2.05) is 13.8 Å². The third kappa shape index (κ3) is 4.46. The van der Waals surface area contributed by atoms with Crippen molar-refractivity contribution in [2.24, 2.45) is 0 Å². The first kappa shape index (κ1) is 22.1. The number of likely N-dealkylation sites (tertiary alicyclic amines) is 1. The van der Waals surface area contributed by atoms with Gasteiger partial charge < -0.3 is 14.9 Å². The number of carbonyl (C=O) groups excluding carboxylic acids is 2. The van der Waals surface area contributed by atoms with Crippen LogP contribution in [0, 0.1) is 10.1 Å². The number of nitrogens with zero attached hydrogens (tertiary/aromatic N) is 4. The average Bonchev–Trinajstić information content (AvgIpc) is 3.04. The number of benzene rings is 1. The molecule has 0 unspecified atom stereocenters. The van der Waals surface area contributed by atoms with Gasteiger partial charge >= 0.3 is 0 Å². The number of likely N-dealkylation sites (N-methyl/N-ethyl adjacent to an activating group) is 1. The summed E-state index contributed by atoms with van der Waals surface area (Å²) in [5, 5.41) is 21.9. The number of aliphatic hydroxyl groups excluding tert-OH is 1. The third-order valence-electron chi connectivity index (χ3n) is 5.46. The largest absolute Gasteiger partial charge is 0.507 e. The van der Waals surface area contributed by atoms with Crippen LogP contribution >= 0.6 is 0 Å². The van der Waals surface area contributed by atoms with Gasteiger partial charge in [-0.05, 0) is 42.9 Å². The van der Waals surface area contributed by atoms with Gasteiger partial charge in [0, 0.05) is 43.2 Å². The van der Waals surface area contributed by atoms with Crippen molar-refractivity contribution in [2.75, 3.05) is 26.2 Å². The first-order valence-corrected chi connectivity index (χ1v) is 10.0. The van der Waals surface area contributed by atoms with Gasteiger partial charge in [0.05, 0.1) is 16.5 Å². The van der Waals surface area contributed by atoms with E-state index in [-0.39, 0.29) is 23.6 Å². The minimum Gasteiger partial charge on any atom is -0.507 e. The molecule has 0 aliphatic carbocycles. The van der Waals surface area contributed by atoms with Gasteiger partial charge in [0.2, 0.25) is 0 Å². The zero-order chi connectivity index (χ0) is 22.5. The summed E-state index contributed by atoms with van der Waals surface area (Å²) in [4.78, 5) is 43.8. The molecule has 0 spiro atoms. The molecule has 1 amide bonds. The van der Waals surface area contributed by atoms with Crippen molar-refractivity contribution in [3.05, 3.63) is 75.6 Å². The quantitative estimate of drug-likeness (QED) is 0.228. The van der Waals surface area contributed by atoms with Crippen molar-refractivity contribution in [1.82, 2.24) is 14.8 Å². The second kappa shape index (κ2) is 9.48. The van der Waals surface area contributed by atoms with Crippen molar-refractivity contribution in [1.29, 1.82) is 0 Å². The van der Waals surface area contributed by atoms with Gasteiger partial charge in [-0.25, -0.2) is 0 Å². The van der Waals surface area contributed by atoms with Crippen LogP contribution in [0.25, 0.3) is 5.76 Å². The Morgan fingerprint density at radius 2 is 1.74 bits per heavy atom. The number of hydrogen-bond acceptors (Lipinski definition) is 7. The van der Waals surface area contributed by atoms with Gasteiger partial charge in [0.25, 0.3) is 17.4 Å². The first-order chi connectivity index (χ1) is 14.9. The molecule has 1 aromatic carbocycles. The predicted molar refractivity (Wildman–Crippen MR) is 114 cm³/mol. The Hall–Kier alpha value is -3.59. The van der Waals surface area contributed by atoms with E-state index in [0.29, 0.717) is 17.7 Å². The fourth-order valence-corrected chi connectivity index (χ4v) is 3.69. The number of rotatable bonds is 8. The lowest BCUT2D eigenvalue weighted by Gasteiger charge is -2.28. The lowest BCUT2D eigenvalue weighted by atomic mass is 9.95. The molecule has 1 N–H and O–H groups in total. The second-order valence-electron chi connectivity index (χ2n) is 7.10. The molecular formula is C22H24N4O5. The first-order valence-electron chi connectivity index (χ1n) is 10.0. The molecule has 1 fully saturated rings. The van der Waals surface area contributed by atoms with Crippen LogP contribution in [0.15, 0.2) is 54.4 Å². The van der Waals surface area contributed by atoms with Gasteiger partial charge in [0.1, 0.15) is 5.76 Å². The van der Waals surface area contributed by atoms with Crippen LogP contribution in [0.2, 0.25) is 0 Å². The SMILES string of the molecule is CCN(CC)CCN1C(=O)C(=O)C(=C(O)c2ccncc2)[C@@H]1c1ccc([N+](=O)[O-])cc1. The van der Waals surface area contributed by atoms with E-state index in [9.17, 15) is 24.8 Å². The summed E-state index contributed by atoms with van der Waals surface area (Å²) in [5.74, 6) is -1.78. The molecule has 2 aromatic rings. The van der Waals surface area contributed by atoms with Crippen LogP contribution in [0.4, 0.5) is 5.69 Å². The number of aromatic nitrogens is 1. The fraction of sp³-hybridized carbons (Fsp3) is 0.318. The molecule has 1 aliphatic heterocycles. The average molecular weight is 424 g/mol. The molecule has 3 rings (SSSR count). The number of aliphatic hydroxyl groups is 1. The molecule has 31 heavy (non-hydrogen) atoms. The number of Topliss-reactive ketones (excluding diaryl/α,β-unsaturated/α-hetero) is 1. The molecule has 9 heteroatoms. The highest BCUT2D eigenvalue weighted by Gasteiger charge is 2.46. The van der Waals surface area contributed by atoms with Crippen LogP contribution in [0.5, 0.6) is 0 Å². The van der Waals surface area contributed by atoms with Crippen LogP contribution in [-0.2, 0) is 9.59 Å². The normalized spacial score (nSPS) is 18.0. The molecule has 2 heterocycles. The van der Waals surface area contributed by atoms with E-state index in [0.717, 1.165) is 13.1 Å². The maximum Gasteiger partial charge on any atom is 0.295 e. The van der Waals surface area contributed by atoms with Crippen molar-refractivity contribution < 1.29 is 19.6 Å². The van der Waals surface area contributed by atoms with Crippen molar-refractivity contribution in [3.63, 3.8) is 0 Å². The number of amides is 1. The Labute approximate surface area is 179 Å². The molecule has 1 aliphatic rings. The number of nitro benzene ring substituents is 1. The lowest BCUT2D eigenvalue weighted by molar-refractivity contribution is -0.384. The Bertz CT molecular complexity index is 1000. The van der Waals surface area contributed by atoms with Crippen molar-refractivity contribution in [3.8, 4) is 0 Å². The Morgan fingerprint density at radius 1 is 1.13 bits per heavy atom. The van der Waals surface area contributed by atoms with Crippen LogP contribution in [0.1, 0.15) is 31.0 Å². The van der Waals surface area contributed by atoms with E-state index in [1.54, 1.807) is 12.1 Å². The topological polar surface area (TPSA) is 117 Å². The molecule has 162 valence electrons. The summed E-state index contributed by atoms with van der Waals surface area (Å²) >= 11 is 0. The van der Waals surface area contributed by atoms with E-state index in [1.165, 1.54) is 41.6 Å². The fourth-order valence-electron chi connectivity index (χ4n) is 3.69. The van der Waals surface area contributed by atoms with E-state index >= 15 is 0 Å². The van der Waals surface area contributed by atoms with Crippen molar-refractivity contribution >= 4 is 23.1 Å². The Morgan fingerprint density at radius 3 is 2.29 bits per heavy atom. The van der Waals surface area contributed by atoms with Crippen LogP contribution < -0.4 is 0 Å². The Kier molecular flexibility index (Phi) is 6.76. The van der Waals surface area contributed by atoms with Crippen molar-refractivity contribution in [2.45, 2.75) is 19.9 Å². The summed E-state index contributed by atoms with van der Waals surface area (Å²) in [5.41, 5.74) is 0.742. The van der Waals surface area contributed by atoms with E-state index < -0.39 is 22.7 Å².